The Morgan fingerprint density at radius 3 is 2.41 bits per heavy atom. The quantitative estimate of drug-likeness (QED) is 0.548. The average Bonchev–Trinajstić information content (AvgIpc) is 2.46. The lowest BCUT2D eigenvalue weighted by Crippen LogP contribution is -2.19. The van der Waals surface area contributed by atoms with Crippen molar-refractivity contribution in [3.8, 4) is 17.2 Å². The molecule has 0 amide bonds. The lowest BCUT2D eigenvalue weighted by atomic mass is 10.0. The van der Waals surface area contributed by atoms with Crippen molar-refractivity contribution in [2.24, 2.45) is 0 Å². The molecule has 0 N–H and O–H groups in total. The number of hydrogen-bond donors (Lipinski definition) is 0. The molecule has 4 heteroatoms. The summed E-state index contributed by atoms with van der Waals surface area (Å²) in [6, 6.07) is 13.8. The van der Waals surface area contributed by atoms with Crippen LogP contribution in [0.5, 0.6) is 0 Å². The number of benzene rings is 1. The molecule has 2 nitrogen and oxygen atoms in total. The highest BCUT2D eigenvalue weighted by Gasteiger charge is 2.15. The van der Waals surface area contributed by atoms with Crippen molar-refractivity contribution in [3.63, 3.8) is 0 Å². The Kier molecular flexibility index (Phi) is 5.44. The van der Waals surface area contributed by atoms with E-state index >= 15 is 0 Å². The molecule has 1 aromatic carbocycles. The molecule has 0 fully saturated rings. The summed E-state index contributed by atoms with van der Waals surface area (Å²) in [6.45, 7) is 9.18. The molecule has 0 aliphatic heterocycles. The standard InChI is InChI=1S/C18H22N2SSi/c1-14-5-7-15(8-6-14)16-9-10-20-18(17(16)13-19)21-11-12-22(2,3)4/h5-10H,11-12H2,1-4H3. The topological polar surface area (TPSA) is 36.7 Å². The molecule has 114 valence electrons. The number of thioether (sulfide) groups is 1. The van der Waals surface area contributed by atoms with E-state index in [1.165, 1.54) is 11.6 Å². The highest BCUT2D eigenvalue weighted by molar-refractivity contribution is 7.99. The van der Waals surface area contributed by atoms with E-state index in [0.29, 0.717) is 5.56 Å². The van der Waals surface area contributed by atoms with Gasteiger partial charge >= 0.3 is 0 Å². The van der Waals surface area contributed by atoms with Gasteiger partial charge in [-0.2, -0.15) is 5.26 Å². The van der Waals surface area contributed by atoms with E-state index in [-0.39, 0.29) is 0 Å². The molecule has 0 spiro atoms. The number of aromatic nitrogens is 1. The maximum Gasteiger partial charge on any atom is 0.114 e. The number of pyridine rings is 1. The minimum atomic E-state index is -1.05. The second-order valence-electron chi connectivity index (χ2n) is 6.68. The average molecular weight is 327 g/mol. The molecule has 0 aliphatic rings. The number of nitriles is 1. The molecular formula is C18H22N2SSi. The highest BCUT2D eigenvalue weighted by atomic mass is 32.2. The predicted octanol–water partition coefficient (Wildman–Crippen LogP) is 5.36. The first kappa shape index (κ1) is 16.8. The number of rotatable bonds is 5. The first-order valence-corrected chi connectivity index (χ1v) is 12.2. The molecule has 0 bridgehead atoms. The van der Waals surface area contributed by atoms with Gasteiger partial charge in [-0.05, 0) is 30.4 Å². The van der Waals surface area contributed by atoms with Crippen LogP contribution in [0.3, 0.4) is 0 Å². The molecule has 1 aromatic heterocycles. The van der Waals surface area contributed by atoms with Gasteiger partial charge in [-0.1, -0.05) is 49.5 Å². The van der Waals surface area contributed by atoms with Crippen LogP contribution in [-0.4, -0.2) is 18.8 Å². The van der Waals surface area contributed by atoms with Crippen LogP contribution in [0.25, 0.3) is 11.1 Å². The van der Waals surface area contributed by atoms with E-state index in [1.807, 2.05) is 12.3 Å². The van der Waals surface area contributed by atoms with Crippen LogP contribution >= 0.6 is 11.8 Å². The fourth-order valence-electron chi connectivity index (χ4n) is 2.09. The summed E-state index contributed by atoms with van der Waals surface area (Å²) < 4.78 is 0. The maximum atomic E-state index is 9.58. The molecule has 0 saturated carbocycles. The van der Waals surface area contributed by atoms with Gasteiger partial charge in [-0.15, -0.1) is 11.8 Å². The van der Waals surface area contributed by atoms with Crippen molar-refractivity contribution in [2.75, 3.05) is 5.75 Å². The Bertz CT molecular complexity index is 682. The lowest BCUT2D eigenvalue weighted by Gasteiger charge is -2.15. The zero-order chi connectivity index (χ0) is 16.2. The van der Waals surface area contributed by atoms with Crippen molar-refractivity contribution < 1.29 is 0 Å². The van der Waals surface area contributed by atoms with Crippen LogP contribution < -0.4 is 0 Å². The molecule has 0 unspecified atom stereocenters. The Hall–Kier alpha value is -1.57. The van der Waals surface area contributed by atoms with E-state index in [0.717, 1.165) is 21.9 Å². The SMILES string of the molecule is Cc1ccc(-c2ccnc(SCC[Si](C)(C)C)c2C#N)cc1. The van der Waals surface area contributed by atoms with Crippen LogP contribution in [-0.2, 0) is 0 Å². The van der Waals surface area contributed by atoms with Gasteiger partial charge in [0.05, 0.1) is 5.56 Å². The van der Waals surface area contributed by atoms with Gasteiger partial charge in [0, 0.05) is 19.8 Å². The van der Waals surface area contributed by atoms with Gasteiger partial charge in [0.15, 0.2) is 0 Å². The van der Waals surface area contributed by atoms with Crippen LogP contribution in [0, 0.1) is 18.3 Å². The molecular weight excluding hydrogens is 304 g/mol. The summed E-state index contributed by atoms with van der Waals surface area (Å²) in [4.78, 5) is 4.43. The third-order valence-electron chi connectivity index (χ3n) is 3.48. The first-order valence-electron chi connectivity index (χ1n) is 7.50. The summed E-state index contributed by atoms with van der Waals surface area (Å²) in [5.41, 5.74) is 3.98. The summed E-state index contributed by atoms with van der Waals surface area (Å²) in [7, 11) is -1.05. The maximum absolute atomic E-state index is 9.58. The minimum absolute atomic E-state index is 0.701. The Morgan fingerprint density at radius 2 is 1.82 bits per heavy atom. The fraction of sp³-hybridized carbons (Fsp3) is 0.333. The summed E-state index contributed by atoms with van der Waals surface area (Å²) >= 11 is 1.71. The van der Waals surface area contributed by atoms with Gasteiger partial charge in [0.2, 0.25) is 0 Å². The zero-order valence-corrected chi connectivity index (χ0v) is 15.5. The normalized spacial score (nSPS) is 11.2. The monoisotopic (exact) mass is 326 g/mol. The van der Waals surface area contributed by atoms with Gasteiger partial charge in [0.25, 0.3) is 0 Å². The third kappa shape index (κ3) is 4.46. The van der Waals surface area contributed by atoms with Crippen LogP contribution in [0.2, 0.25) is 25.7 Å². The van der Waals surface area contributed by atoms with E-state index in [9.17, 15) is 5.26 Å². The van der Waals surface area contributed by atoms with Crippen molar-refractivity contribution in [3.05, 3.63) is 47.7 Å². The van der Waals surface area contributed by atoms with Gasteiger partial charge in [-0.3, -0.25) is 0 Å². The first-order chi connectivity index (χ1) is 10.4. The van der Waals surface area contributed by atoms with E-state index < -0.39 is 8.07 Å². The third-order valence-corrected chi connectivity index (χ3v) is 6.59. The molecule has 22 heavy (non-hydrogen) atoms. The van der Waals surface area contributed by atoms with Crippen molar-refractivity contribution >= 4 is 19.8 Å². The zero-order valence-electron chi connectivity index (χ0n) is 13.7. The summed E-state index contributed by atoms with van der Waals surface area (Å²) in [6.07, 6.45) is 1.81. The highest BCUT2D eigenvalue weighted by Crippen LogP contribution is 2.30. The molecule has 0 saturated heterocycles. The van der Waals surface area contributed by atoms with Crippen molar-refractivity contribution in [1.82, 2.24) is 4.98 Å². The van der Waals surface area contributed by atoms with Crippen molar-refractivity contribution in [1.29, 1.82) is 5.26 Å². The van der Waals surface area contributed by atoms with Gasteiger partial charge < -0.3 is 0 Å². The smallest absolute Gasteiger partial charge is 0.114 e. The number of nitrogens with zero attached hydrogens (tertiary/aromatic N) is 2. The van der Waals surface area contributed by atoms with E-state index in [2.05, 4.69) is 61.9 Å². The summed E-state index contributed by atoms with van der Waals surface area (Å²) in [5, 5.41) is 10.4. The molecule has 2 aromatic rings. The molecule has 0 radical (unpaired) electrons. The van der Waals surface area contributed by atoms with Crippen molar-refractivity contribution in [2.45, 2.75) is 37.6 Å². The number of hydrogen-bond acceptors (Lipinski definition) is 3. The van der Waals surface area contributed by atoms with E-state index in [4.69, 9.17) is 0 Å². The molecule has 0 atom stereocenters. The largest absolute Gasteiger partial charge is 0.249 e. The Labute approximate surface area is 138 Å². The molecule has 2 rings (SSSR count). The minimum Gasteiger partial charge on any atom is -0.249 e. The lowest BCUT2D eigenvalue weighted by molar-refractivity contribution is 1.11. The second kappa shape index (κ2) is 7.13. The summed E-state index contributed by atoms with van der Waals surface area (Å²) in [5.74, 6) is 1.04. The Balaban J connectivity index is 2.28. The van der Waals surface area contributed by atoms with Crippen LogP contribution in [0.4, 0.5) is 0 Å². The molecule has 0 aliphatic carbocycles. The Morgan fingerprint density at radius 1 is 1.14 bits per heavy atom. The second-order valence-corrected chi connectivity index (χ2v) is 13.4. The van der Waals surface area contributed by atoms with E-state index in [1.54, 1.807) is 11.8 Å². The molecule has 1 heterocycles. The fourth-order valence-corrected chi connectivity index (χ4v) is 5.57. The van der Waals surface area contributed by atoms with Gasteiger partial charge in [0.1, 0.15) is 11.1 Å². The predicted molar refractivity (Wildman–Crippen MR) is 98.0 cm³/mol. The number of aryl methyl sites for hydroxylation is 1. The van der Waals surface area contributed by atoms with Crippen LogP contribution in [0.15, 0.2) is 41.6 Å². The van der Waals surface area contributed by atoms with Gasteiger partial charge in [-0.25, -0.2) is 4.98 Å². The van der Waals surface area contributed by atoms with Crippen LogP contribution in [0.1, 0.15) is 11.1 Å².